The summed E-state index contributed by atoms with van der Waals surface area (Å²) in [7, 11) is -1.56. The Morgan fingerprint density at radius 3 is 2.08 bits per heavy atom. The van der Waals surface area contributed by atoms with Gasteiger partial charge in [-0.15, -0.1) is 0 Å². The molecule has 12 heavy (non-hydrogen) atoms. The number of aliphatic hydroxyl groups excluding tert-OH is 1. The van der Waals surface area contributed by atoms with Crippen LogP contribution in [0, 0.1) is 0 Å². The molecule has 0 heterocycles. The van der Waals surface area contributed by atoms with Gasteiger partial charge in [0.05, 0.1) is 18.2 Å². The molecule has 74 valence electrons. The van der Waals surface area contributed by atoms with Crippen molar-refractivity contribution in [3.63, 3.8) is 0 Å². The van der Waals surface area contributed by atoms with E-state index in [-0.39, 0.29) is 12.6 Å². The van der Waals surface area contributed by atoms with E-state index in [0.29, 0.717) is 0 Å². The molecule has 3 N–H and O–H groups in total. The maximum absolute atomic E-state index is 8.88. The van der Waals surface area contributed by atoms with Gasteiger partial charge in [0.1, 0.15) is 0 Å². The topological polar surface area (TPSA) is 55.5 Å². The molecule has 0 radical (unpaired) electrons. The number of hydrogen-bond donors (Lipinski definition) is 2. The van der Waals surface area contributed by atoms with Crippen LogP contribution >= 0.6 is 0 Å². The third-order valence-electron chi connectivity index (χ3n) is 1.66. The van der Waals surface area contributed by atoms with Gasteiger partial charge < -0.3 is 15.3 Å². The average molecular weight is 191 g/mol. The Morgan fingerprint density at radius 2 is 1.83 bits per heavy atom. The van der Waals surface area contributed by atoms with E-state index in [4.69, 9.17) is 15.3 Å². The zero-order valence-corrected chi connectivity index (χ0v) is 9.72. The first-order valence-corrected chi connectivity index (χ1v) is 7.66. The third kappa shape index (κ3) is 4.20. The van der Waals surface area contributed by atoms with Crippen LogP contribution in [0.4, 0.5) is 0 Å². The highest BCUT2D eigenvalue weighted by Crippen LogP contribution is 2.19. The molecule has 0 aliphatic carbocycles. The SMILES string of the molecule is CC(C)(O[Si](C)(C)C)[C@H](N)CO. The number of aliphatic hydroxyl groups is 1. The van der Waals surface area contributed by atoms with Crippen molar-refractivity contribution in [3.8, 4) is 0 Å². The van der Waals surface area contributed by atoms with Crippen LogP contribution in [0.15, 0.2) is 0 Å². The van der Waals surface area contributed by atoms with E-state index in [9.17, 15) is 0 Å². The van der Waals surface area contributed by atoms with Crippen LogP contribution < -0.4 is 5.73 Å². The van der Waals surface area contributed by atoms with Gasteiger partial charge in [0.15, 0.2) is 8.32 Å². The standard InChI is InChI=1S/C8H21NO2Si/c1-8(2,7(9)6-10)11-12(3,4)5/h7,10H,6,9H2,1-5H3/t7-/m1/s1. The lowest BCUT2D eigenvalue weighted by Crippen LogP contribution is -2.52. The summed E-state index contributed by atoms with van der Waals surface area (Å²) in [4.78, 5) is 0. The number of rotatable bonds is 4. The predicted octanol–water partition coefficient (Wildman–Crippen LogP) is 0.936. The van der Waals surface area contributed by atoms with Crippen LogP contribution in [0.3, 0.4) is 0 Å². The molecule has 4 heteroatoms. The van der Waals surface area contributed by atoms with E-state index in [1.165, 1.54) is 0 Å². The van der Waals surface area contributed by atoms with Crippen LogP contribution in [0.2, 0.25) is 19.6 Å². The molecular formula is C8H21NO2Si. The van der Waals surface area contributed by atoms with Crippen LogP contribution in [-0.2, 0) is 4.43 Å². The van der Waals surface area contributed by atoms with E-state index < -0.39 is 13.9 Å². The van der Waals surface area contributed by atoms with E-state index in [0.717, 1.165) is 0 Å². The average Bonchev–Trinajstić information content (AvgIpc) is 1.80. The Kier molecular flexibility index (Phi) is 3.90. The second kappa shape index (κ2) is 3.87. The Morgan fingerprint density at radius 1 is 1.42 bits per heavy atom. The molecule has 0 bridgehead atoms. The maximum atomic E-state index is 8.88. The molecule has 0 amide bonds. The fourth-order valence-electron chi connectivity index (χ4n) is 1.08. The molecule has 0 aromatic heterocycles. The van der Waals surface area contributed by atoms with E-state index in [1.54, 1.807) is 0 Å². The third-order valence-corrected chi connectivity index (χ3v) is 2.80. The van der Waals surface area contributed by atoms with Crippen molar-refractivity contribution >= 4 is 8.32 Å². The second-order valence-electron chi connectivity index (χ2n) is 4.61. The molecular weight excluding hydrogens is 170 g/mol. The molecule has 1 atom stereocenters. The molecule has 0 rings (SSSR count). The van der Waals surface area contributed by atoms with Gasteiger partial charge in [-0.05, 0) is 33.5 Å². The number of hydrogen-bond acceptors (Lipinski definition) is 3. The zero-order chi connectivity index (χ0) is 9.99. The van der Waals surface area contributed by atoms with Gasteiger partial charge in [-0.3, -0.25) is 0 Å². The first-order valence-electron chi connectivity index (χ1n) is 4.25. The second-order valence-corrected chi connectivity index (χ2v) is 9.04. The molecule has 3 nitrogen and oxygen atoms in total. The van der Waals surface area contributed by atoms with Gasteiger partial charge in [0, 0.05) is 0 Å². The highest BCUT2D eigenvalue weighted by molar-refractivity contribution is 6.69. The van der Waals surface area contributed by atoms with Crippen molar-refractivity contribution in [2.24, 2.45) is 5.73 Å². The molecule has 0 aliphatic rings. The van der Waals surface area contributed by atoms with Gasteiger partial charge in [-0.25, -0.2) is 0 Å². The highest BCUT2D eigenvalue weighted by Gasteiger charge is 2.32. The fraction of sp³-hybridized carbons (Fsp3) is 1.00. The van der Waals surface area contributed by atoms with Gasteiger partial charge >= 0.3 is 0 Å². The summed E-state index contributed by atoms with van der Waals surface area (Å²) in [5.74, 6) is 0. The molecule has 0 aromatic rings. The Hall–Kier alpha value is 0.0969. The molecule has 0 aromatic carbocycles. The first kappa shape index (κ1) is 12.1. The van der Waals surface area contributed by atoms with Crippen molar-refractivity contribution in [2.75, 3.05) is 6.61 Å². The maximum Gasteiger partial charge on any atom is 0.184 e. The summed E-state index contributed by atoms with van der Waals surface area (Å²) >= 11 is 0. The summed E-state index contributed by atoms with van der Waals surface area (Å²) in [6, 6.07) is -0.302. The first-order chi connectivity index (χ1) is 5.19. The largest absolute Gasteiger partial charge is 0.411 e. The number of nitrogens with two attached hydrogens (primary N) is 1. The van der Waals surface area contributed by atoms with Crippen molar-refractivity contribution in [1.29, 1.82) is 0 Å². The summed E-state index contributed by atoms with van der Waals surface area (Å²) in [6.07, 6.45) is 0. The highest BCUT2D eigenvalue weighted by atomic mass is 28.4. The van der Waals surface area contributed by atoms with Gasteiger partial charge in [0.25, 0.3) is 0 Å². The van der Waals surface area contributed by atoms with E-state index in [2.05, 4.69) is 19.6 Å². The molecule has 0 saturated carbocycles. The zero-order valence-electron chi connectivity index (χ0n) is 8.72. The minimum Gasteiger partial charge on any atom is -0.411 e. The lowest BCUT2D eigenvalue weighted by Gasteiger charge is -2.36. The molecule has 0 fully saturated rings. The monoisotopic (exact) mass is 191 g/mol. The van der Waals surface area contributed by atoms with Crippen molar-refractivity contribution in [2.45, 2.75) is 45.1 Å². The van der Waals surface area contributed by atoms with Gasteiger partial charge in [-0.2, -0.15) is 0 Å². The summed E-state index contributed by atoms with van der Waals surface area (Å²) < 4.78 is 5.83. The van der Waals surface area contributed by atoms with Crippen LogP contribution in [0.5, 0.6) is 0 Å². The van der Waals surface area contributed by atoms with Crippen LogP contribution in [-0.4, -0.2) is 31.7 Å². The fourth-order valence-corrected chi connectivity index (χ4v) is 2.81. The normalized spacial score (nSPS) is 16.2. The Labute approximate surface area is 76.0 Å². The van der Waals surface area contributed by atoms with Crippen LogP contribution in [0.1, 0.15) is 13.8 Å². The lowest BCUT2D eigenvalue weighted by atomic mass is 10.0. The molecule has 0 aliphatic heterocycles. The van der Waals surface area contributed by atoms with Crippen molar-refractivity contribution in [3.05, 3.63) is 0 Å². The summed E-state index contributed by atoms with van der Waals surface area (Å²) in [5.41, 5.74) is 5.29. The minimum absolute atomic E-state index is 0.0303. The summed E-state index contributed by atoms with van der Waals surface area (Å²) in [6.45, 7) is 10.1. The Bertz CT molecular complexity index is 142. The molecule has 0 unspecified atom stereocenters. The smallest absolute Gasteiger partial charge is 0.184 e. The van der Waals surface area contributed by atoms with E-state index >= 15 is 0 Å². The lowest BCUT2D eigenvalue weighted by molar-refractivity contribution is 0.0472. The quantitative estimate of drug-likeness (QED) is 0.650. The van der Waals surface area contributed by atoms with E-state index in [1.807, 2.05) is 13.8 Å². The molecule has 0 spiro atoms. The predicted molar refractivity (Wildman–Crippen MR) is 53.6 cm³/mol. The van der Waals surface area contributed by atoms with Crippen LogP contribution in [0.25, 0.3) is 0 Å². The minimum atomic E-state index is -1.56. The summed E-state index contributed by atoms with van der Waals surface area (Å²) in [5, 5.41) is 8.88. The van der Waals surface area contributed by atoms with Gasteiger partial charge in [0.2, 0.25) is 0 Å². The van der Waals surface area contributed by atoms with Crippen molar-refractivity contribution < 1.29 is 9.53 Å². The molecule has 0 saturated heterocycles. The van der Waals surface area contributed by atoms with Gasteiger partial charge in [-0.1, -0.05) is 0 Å². The van der Waals surface area contributed by atoms with Crippen molar-refractivity contribution in [1.82, 2.24) is 0 Å². The Balaban J connectivity index is 4.22.